The number of carbonyl (C=O) groups is 1. The number of hydrogen-bond donors (Lipinski definition) is 0. The van der Waals surface area contributed by atoms with Crippen LogP contribution in [0.4, 0.5) is 4.39 Å². The molecule has 0 saturated carbocycles. The molecule has 0 spiro atoms. The molecule has 1 heterocycles. The van der Waals surface area contributed by atoms with E-state index in [9.17, 15) is 22.9 Å². The standard InChI is InChI=1S/C26H21FN2O4S/c27-25-6-2-1-5-24(25)21(18-28)17-19-7-11-22(12-8-19)33-26(30)20-9-13-23(14-10-20)34(31,32)29-15-3-4-16-29/h1-2,5-14,17H,3-4,15-16H2/b21-17-. The summed E-state index contributed by atoms with van der Waals surface area (Å²) < 4.78 is 46.0. The number of nitriles is 1. The minimum atomic E-state index is -3.55. The van der Waals surface area contributed by atoms with Gasteiger partial charge in [-0.25, -0.2) is 17.6 Å². The first-order chi connectivity index (χ1) is 16.4. The van der Waals surface area contributed by atoms with Gasteiger partial charge in [-0.3, -0.25) is 0 Å². The third kappa shape index (κ3) is 5.06. The SMILES string of the molecule is N#C/C(=C/c1ccc(OC(=O)c2ccc(S(=O)(=O)N3CCCC3)cc2)cc1)c1ccccc1F. The summed E-state index contributed by atoms with van der Waals surface area (Å²) in [6.07, 6.45) is 3.24. The van der Waals surface area contributed by atoms with E-state index < -0.39 is 21.8 Å². The molecule has 0 bridgehead atoms. The fourth-order valence-electron chi connectivity index (χ4n) is 3.66. The van der Waals surface area contributed by atoms with Crippen LogP contribution < -0.4 is 4.74 Å². The molecule has 1 saturated heterocycles. The fourth-order valence-corrected chi connectivity index (χ4v) is 5.17. The summed E-state index contributed by atoms with van der Waals surface area (Å²) in [5, 5.41) is 9.40. The second kappa shape index (κ2) is 10.00. The van der Waals surface area contributed by atoms with Crippen LogP contribution in [0.2, 0.25) is 0 Å². The molecule has 0 aliphatic carbocycles. The molecule has 1 aliphatic heterocycles. The Hall–Kier alpha value is -3.80. The number of nitrogens with zero attached hydrogens (tertiary/aromatic N) is 2. The monoisotopic (exact) mass is 476 g/mol. The number of esters is 1. The van der Waals surface area contributed by atoms with E-state index in [0.717, 1.165) is 12.8 Å². The Kier molecular flexibility index (Phi) is 6.87. The molecule has 6 nitrogen and oxygen atoms in total. The summed E-state index contributed by atoms with van der Waals surface area (Å²) in [6, 6.07) is 20.1. The molecule has 8 heteroatoms. The number of allylic oxidation sites excluding steroid dienone is 1. The van der Waals surface area contributed by atoms with Gasteiger partial charge in [0.15, 0.2) is 0 Å². The first kappa shape index (κ1) is 23.4. The number of hydrogen-bond acceptors (Lipinski definition) is 5. The minimum Gasteiger partial charge on any atom is -0.423 e. The summed E-state index contributed by atoms with van der Waals surface area (Å²) in [5.74, 6) is -0.835. The van der Waals surface area contributed by atoms with Crippen molar-refractivity contribution in [2.75, 3.05) is 13.1 Å². The maximum atomic E-state index is 14.0. The largest absolute Gasteiger partial charge is 0.423 e. The quantitative estimate of drug-likeness (QED) is 0.219. The van der Waals surface area contributed by atoms with Crippen LogP contribution in [0.15, 0.2) is 77.7 Å². The molecule has 4 rings (SSSR count). The molecular formula is C26H21FN2O4S. The van der Waals surface area contributed by atoms with Crippen molar-refractivity contribution >= 4 is 27.6 Å². The van der Waals surface area contributed by atoms with Gasteiger partial charge in [0.1, 0.15) is 11.6 Å². The zero-order valence-corrected chi connectivity index (χ0v) is 19.0. The highest BCUT2D eigenvalue weighted by Gasteiger charge is 2.27. The maximum Gasteiger partial charge on any atom is 0.343 e. The minimum absolute atomic E-state index is 0.144. The zero-order valence-electron chi connectivity index (χ0n) is 18.1. The second-order valence-electron chi connectivity index (χ2n) is 7.74. The Balaban J connectivity index is 1.45. The Morgan fingerprint density at radius 3 is 2.24 bits per heavy atom. The normalized spacial score (nSPS) is 14.5. The van der Waals surface area contributed by atoms with Crippen molar-refractivity contribution in [3.05, 3.63) is 95.3 Å². The van der Waals surface area contributed by atoms with Crippen LogP contribution in [0, 0.1) is 17.1 Å². The van der Waals surface area contributed by atoms with Gasteiger partial charge in [-0.1, -0.05) is 30.3 Å². The highest BCUT2D eigenvalue weighted by molar-refractivity contribution is 7.89. The van der Waals surface area contributed by atoms with Crippen LogP contribution in [0.1, 0.15) is 34.3 Å². The van der Waals surface area contributed by atoms with E-state index >= 15 is 0 Å². The van der Waals surface area contributed by atoms with E-state index in [4.69, 9.17) is 4.74 Å². The van der Waals surface area contributed by atoms with Crippen LogP contribution in [0.3, 0.4) is 0 Å². The maximum absolute atomic E-state index is 14.0. The number of rotatable bonds is 6. The Morgan fingerprint density at radius 2 is 1.62 bits per heavy atom. The summed E-state index contributed by atoms with van der Waals surface area (Å²) in [4.78, 5) is 12.6. The topological polar surface area (TPSA) is 87.5 Å². The van der Waals surface area contributed by atoms with Gasteiger partial charge in [0, 0.05) is 18.7 Å². The van der Waals surface area contributed by atoms with Crippen molar-refractivity contribution in [2.24, 2.45) is 0 Å². The van der Waals surface area contributed by atoms with Crippen molar-refractivity contribution in [3.8, 4) is 11.8 Å². The van der Waals surface area contributed by atoms with E-state index in [1.807, 2.05) is 6.07 Å². The van der Waals surface area contributed by atoms with Crippen molar-refractivity contribution < 1.29 is 22.3 Å². The molecule has 172 valence electrons. The van der Waals surface area contributed by atoms with Gasteiger partial charge in [0.2, 0.25) is 10.0 Å². The van der Waals surface area contributed by atoms with Crippen LogP contribution in [-0.2, 0) is 10.0 Å². The average molecular weight is 477 g/mol. The lowest BCUT2D eigenvalue weighted by Gasteiger charge is -2.15. The molecule has 1 aliphatic rings. The number of halogens is 1. The van der Waals surface area contributed by atoms with Gasteiger partial charge in [-0.15, -0.1) is 0 Å². The van der Waals surface area contributed by atoms with Crippen molar-refractivity contribution in [3.63, 3.8) is 0 Å². The summed E-state index contributed by atoms with van der Waals surface area (Å²) in [5.41, 5.74) is 1.23. The van der Waals surface area contributed by atoms with E-state index in [0.29, 0.717) is 18.7 Å². The smallest absolute Gasteiger partial charge is 0.343 e. The molecule has 0 aromatic heterocycles. The third-order valence-corrected chi connectivity index (χ3v) is 7.39. The molecule has 1 fully saturated rings. The van der Waals surface area contributed by atoms with Gasteiger partial charge in [-0.2, -0.15) is 9.57 Å². The first-order valence-electron chi connectivity index (χ1n) is 10.7. The van der Waals surface area contributed by atoms with Crippen LogP contribution in [0.5, 0.6) is 5.75 Å². The summed E-state index contributed by atoms with van der Waals surface area (Å²) >= 11 is 0. The highest BCUT2D eigenvalue weighted by Crippen LogP contribution is 2.23. The van der Waals surface area contributed by atoms with Gasteiger partial charge < -0.3 is 4.74 Å². The summed E-state index contributed by atoms with van der Waals surface area (Å²) in [6.45, 7) is 1.01. The predicted octanol–water partition coefficient (Wildman–Crippen LogP) is 4.89. The second-order valence-corrected chi connectivity index (χ2v) is 9.68. The molecule has 0 atom stereocenters. The molecule has 3 aromatic carbocycles. The molecular weight excluding hydrogens is 455 g/mol. The first-order valence-corrected chi connectivity index (χ1v) is 12.1. The average Bonchev–Trinajstić information content (AvgIpc) is 3.40. The van der Waals surface area contributed by atoms with E-state index in [1.165, 1.54) is 40.7 Å². The summed E-state index contributed by atoms with van der Waals surface area (Å²) in [7, 11) is -3.55. The highest BCUT2D eigenvalue weighted by atomic mass is 32.2. The van der Waals surface area contributed by atoms with E-state index in [2.05, 4.69) is 0 Å². The van der Waals surface area contributed by atoms with Crippen molar-refractivity contribution in [1.82, 2.24) is 4.31 Å². The van der Waals surface area contributed by atoms with Gasteiger partial charge >= 0.3 is 5.97 Å². The Morgan fingerprint density at radius 1 is 0.971 bits per heavy atom. The Labute approximate surface area is 197 Å². The molecule has 0 radical (unpaired) electrons. The van der Waals surface area contributed by atoms with Gasteiger partial charge in [-0.05, 0) is 66.9 Å². The molecule has 0 amide bonds. The number of benzene rings is 3. The van der Waals surface area contributed by atoms with Gasteiger partial charge in [0.05, 0.1) is 22.1 Å². The number of carbonyl (C=O) groups excluding carboxylic acids is 1. The van der Waals surface area contributed by atoms with Crippen molar-refractivity contribution in [2.45, 2.75) is 17.7 Å². The van der Waals surface area contributed by atoms with E-state index in [-0.39, 0.29) is 27.3 Å². The van der Waals surface area contributed by atoms with Gasteiger partial charge in [0.25, 0.3) is 0 Å². The Bertz CT molecular complexity index is 1370. The third-order valence-electron chi connectivity index (χ3n) is 5.48. The van der Waals surface area contributed by atoms with Crippen LogP contribution in [-0.4, -0.2) is 31.8 Å². The van der Waals surface area contributed by atoms with E-state index in [1.54, 1.807) is 42.5 Å². The fraction of sp³-hybridized carbons (Fsp3) is 0.154. The zero-order chi connectivity index (χ0) is 24.1. The lowest BCUT2D eigenvalue weighted by molar-refractivity contribution is 0.0734. The number of sulfonamides is 1. The molecule has 0 N–H and O–H groups in total. The van der Waals surface area contributed by atoms with Crippen LogP contribution in [0.25, 0.3) is 11.6 Å². The molecule has 0 unspecified atom stereocenters. The lowest BCUT2D eigenvalue weighted by Crippen LogP contribution is -2.27. The van der Waals surface area contributed by atoms with Crippen molar-refractivity contribution in [1.29, 1.82) is 5.26 Å². The van der Waals surface area contributed by atoms with Crippen LogP contribution >= 0.6 is 0 Å². The number of ether oxygens (including phenoxy) is 1. The molecule has 34 heavy (non-hydrogen) atoms. The molecule has 3 aromatic rings. The lowest BCUT2D eigenvalue weighted by atomic mass is 10.0. The predicted molar refractivity (Wildman–Crippen MR) is 126 cm³/mol.